The summed E-state index contributed by atoms with van der Waals surface area (Å²) in [6.07, 6.45) is 16.1. The second-order valence-electron chi connectivity index (χ2n) is 6.45. The standard InChI is InChI=1S/C21H30NO.BrH/c1-2-3-4-5-6-7-8-9-10-15-21(23)22-17-16-19-13-11-12-14-20(19)18-22;/h11-14,16-18H,2-10,15H2,1H3;1H/q+1;/p-1. The van der Waals surface area contributed by atoms with E-state index in [4.69, 9.17) is 0 Å². The minimum absolute atomic E-state index is 0. The van der Waals surface area contributed by atoms with Crippen molar-refractivity contribution in [2.75, 3.05) is 0 Å². The van der Waals surface area contributed by atoms with Crippen molar-refractivity contribution < 1.29 is 26.3 Å². The molecule has 0 N–H and O–H groups in total. The number of rotatable bonds is 10. The molecule has 24 heavy (non-hydrogen) atoms. The Hall–Kier alpha value is -1.22. The highest BCUT2D eigenvalue weighted by atomic mass is 79.9. The lowest BCUT2D eigenvalue weighted by Crippen LogP contribution is -3.00. The van der Waals surface area contributed by atoms with Gasteiger partial charge in [0.05, 0.1) is 6.42 Å². The van der Waals surface area contributed by atoms with Crippen LogP contribution in [0.1, 0.15) is 75.9 Å². The fraction of sp³-hybridized carbons (Fsp3) is 0.524. The summed E-state index contributed by atoms with van der Waals surface area (Å²) in [4.78, 5) is 12.3. The largest absolute Gasteiger partial charge is 1.00 e. The van der Waals surface area contributed by atoms with Crippen LogP contribution in [0.3, 0.4) is 0 Å². The van der Waals surface area contributed by atoms with Gasteiger partial charge in [-0.2, -0.15) is 0 Å². The van der Waals surface area contributed by atoms with E-state index in [0.717, 1.165) is 11.8 Å². The first-order valence-electron chi connectivity index (χ1n) is 9.24. The summed E-state index contributed by atoms with van der Waals surface area (Å²) in [5.74, 6) is 0.207. The number of hydrogen-bond donors (Lipinski definition) is 0. The Kier molecular flexibility index (Phi) is 10.6. The second-order valence-corrected chi connectivity index (χ2v) is 6.45. The number of carbonyl (C=O) groups is 1. The average molecular weight is 392 g/mol. The van der Waals surface area contributed by atoms with Crippen molar-refractivity contribution in [2.24, 2.45) is 0 Å². The van der Waals surface area contributed by atoms with Gasteiger partial charge in [0.2, 0.25) is 0 Å². The Labute approximate surface area is 157 Å². The van der Waals surface area contributed by atoms with Crippen LogP contribution in [-0.4, -0.2) is 5.91 Å². The quantitative estimate of drug-likeness (QED) is 0.450. The minimum Gasteiger partial charge on any atom is -1.00 e. The molecule has 0 radical (unpaired) electrons. The van der Waals surface area contributed by atoms with Crippen molar-refractivity contribution in [3.05, 3.63) is 42.7 Å². The minimum atomic E-state index is 0. The lowest BCUT2D eigenvalue weighted by atomic mass is 10.1. The van der Waals surface area contributed by atoms with Gasteiger partial charge in [0.25, 0.3) is 0 Å². The molecule has 0 aliphatic carbocycles. The van der Waals surface area contributed by atoms with E-state index in [0.29, 0.717) is 6.42 Å². The third-order valence-electron chi connectivity index (χ3n) is 4.47. The first kappa shape index (κ1) is 20.8. The highest BCUT2D eigenvalue weighted by Gasteiger charge is 2.13. The third-order valence-corrected chi connectivity index (χ3v) is 4.47. The summed E-state index contributed by atoms with van der Waals surface area (Å²) < 4.78 is 1.74. The highest BCUT2D eigenvalue weighted by Crippen LogP contribution is 2.12. The van der Waals surface area contributed by atoms with Gasteiger partial charge in [-0.3, -0.25) is 0 Å². The summed E-state index contributed by atoms with van der Waals surface area (Å²) in [5, 5.41) is 2.30. The van der Waals surface area contributed by atoms with Crippen molar-refractivity contribution >= 4 is 16.7 Å². The van der Waals surface area contributed by atoms with Crippen molar-refractivity contribution in [1.82, 2.24) is 0 Å². The number of benzene rings is 1. The molecule has 0 saturated heterocycles. The zero-order chi connectivity index (χ0) is 16.3. The molecule has 0 saturated carbocycles. The third kappa shape index (κ3) is 7.12. The maximum Gasteiger partial charge on any atom is 0.392 e. The van der Waals surface area contributed by atoms with Crippen LogP contribution >= 0.6 is 0 Å². The molecule has 0 atom stereocenters. The van der Waals surface area contributed by atoms with Gasteiger partial charge in [-0.15, -0.1) is 4.57 Å². The van der Waals surface area contributed by atoms with E-state index in [9.17, 15) is 4.79 Å². The molecule has 0 unspecified atom stereocenters. The Bertz CT molecular complexity index is 612. The van der Waals surface area contributed by atoms with Crippen LogP contribution < -0.4 is 21.5 Å². The molecule has 0 aliphatic heterocycles. The number of halogens is 1. The van der Waals surface area contributed by atoms with Crippen molar-refractivity contribution in [1.29, 1.82) is 0 Å². The number of hydrogen-bond acceptors (Lipinski definition) is 1. The molecule has 0 aliphatic rings. The monoisotopic (exact) mass is 391 g/mol. The van der Waals surface area contributed by atoms with E-state index in [1.54, 1.807) is 4.57 Å². The van der Waals surface area contributed by atoms with Crippen LogP contribution in [0.25, 0.3) is 10.8 Å². The van der Waals surface area contributed by atoms with Crippen LogP contribution in [-0.2, 0) is 0 Å². The summed E-state index contributed by atoms with van der Waals surface area (Å²) >= 11 is 0. The van der Waals surface area contributed by atoms with Crippen molar-refractivity contribution in [3.63, 3.8) is 0 Å². The molecular formula is C21H30BrNO. The number of carbonyl (C=O) groups excluding carboxylic acids is 1. The number of aromatic nitrogens is 1. The molecule has 1 aromatic carbocycles. The topological polar surface area (TPSA) is 20.9 Å². The van der Waals surface area contributed by atoms with Crippen LogP contribution in [0.5, 0.6) is 0 Å². The van der Waals surface area contributed by atoms with Gasteiger partial charge in [0, 0.05) is 11.5 Å². The molecule has 2 nitrogen and oxygen atoms in total. The zero-order valence-corrected chi connectivity index (χ0v) is 16.4. The van der Waals surface area contributed by atoms with Gasteiger partial charge in [0.1, 0.15) is 0 Å². The van der Waals surface area contributed by atoms with Gasteiger partial charge in [-0.1, -0.05) is 76.5 Å². The van der Waals surface area contributed by atoms with E-state index in [1.165, 1.54) is 56.8 Å². The molecule has 2 rings (SSSR count). The predicted molar refractivity (Wildman–Crippen MR) is 96.6 cm³/mol. The molecule has 0 fully saturated rings. The van der Waals surface area contributed by atoms with Crippen molar-refractivity contribution in [2.45, 2.75) is 71.1 Å². The van der Waals surface area contributed by atoms with E-state index < -0.39 is 0 Å². The lowest BCUT2D eigenvalue weighted by Gasteiger charge is -2.01. The van der Waals surface area contributed by atoms with Gasteiger partial charge in [0.15, 0.2) is 12.4 Å². The summed E-state index contributed by atoms with van der Waals surface area (Å²) in [6.45, 7) is 2.25. The summed E-state index contributed by atoms with van der Waals surface area (Å²) in [5.41, 5.74) is 0. The first-order chi connectivity index (χ1) is 11.3. The Morgan fingerprint density at radius 3 is 2.08 bits per heavy atom. The number of pyridine rings is 1. The number of nitrogens with zero attached hydrogens (tertiary/aromatic N) is 1. The van der Waals surface area contributed by atoms with E-state index in [1.807, 2.05) is 30.6 Å². The average Bonchev–Trinajstić information content (AvgIpc) is 2.59. The van der Waals surface area contributed by atoms with Gasteiger partial charge < -0.3 is 17.0 Å². The lowest BCUT2D eigenvalue weighted by molar-refractivity contribution is -0.573. The number of fused-ring (bicyclic) bond motifs is 1. The molecular weight excluding hydrogens is 362 g/mol. The highest BCUT2D eigenvalue weighted by molar-refractivity contribution is 5.81. The summed E-state index contributed by atoms with van der Waals surface area (Å²) in [6, 6.07) is 10.2. The first-order valence-corrected chi connectivity index (χ1v) is 9.24. The summed E-state index contributed by atoms with van der Waals surface area (Å²) in [7, 11) is 0. The SMILES string of the molecule is CCCCCCCCCCCC(=O)[n+]1ccc2ccccc2c1.[Br-]. The van der Waals surface area contributed by atoms with E-state index in [2.05, 4.69) is 19.1 Å². The molecule has 1 aromatic heterocycles. The number of unbranched alkanes of at least 4 members (excludes halogenated alkanes) is 8. The molecule has 0 amide bonds. The van der Waals surface area contributed by atoms with Crippen molar-refractivity contribution in [3.8, 4) is 0 Å². The Balaban J connectivity index is 0.00000288. The van der Waals surface area contributed by atoms with Gasteiger partial charge >= 0.3 is 5.91 Å². The Morgan fingerprint density at radius 1 is 0.833 bits per heavy atom. The molecule has 1 heterocycles. The van der Waals surface area contributed by atoms with Gasteiger partial charge in [-0.25, -0.2) is 4.79 Å². The van der Waals surface area contributed by atoms with Crippen LogP contribution in [0, 0.1) is 0 Å². The van der Waals surface area contributed by atoms with E-state index in [-0.39, 0.29) is 22.9 Å². The van der Waals surface area contributed by atoms with Crippen LogP contribution in [0.2, 0.25) is 0 Å². The zero-order valence-electron chi connectivity index (χ0n) is 14.8. The molecule has 3 heteroatoms. The van der Waals surface area contributed by atoms with Gasteiger partial charge in [-0.05, 0) is 17.9 Å². The smallest absolute Gasteiger partial charge is 0.392 e. The van der Waals surface area contributed by atoms with E-state index >= 15 is 0 Å². The maximum absolute atomic E-state index is 12.3. The molecule has 0 spiro atoms. The molecule has 2 aromatic rings. The second kappa shape index (κ2) is 12.2. The maximum atomic E-state index is 12.3. The normalized spacial score (nSPS) is 10.5. The van der Waals surface area contributed by atoms with Crippen LogP contribution in [0.15, 0.2) is 42.7 Å². The fourth-order valence-electron chi connectivity index (χ4n) is 3.00. The predicted octanol–water partition coefficient (Wildman–Crippen LogP) is 2.69. The van der Waals surface area contributed by atoms with Crippen LogP contribution in [0.4, 0.5) is 0 Å². The molecule has 0 bridgehead atoms. The Morgan fingerprint density at radius 2 is 1.42 bits per heavy atom. The fourth-order valence-corrected chi connectivity index (χ4v) is 3.00. The molecule has 132 valence electrons.